The highest BCUT2D eigenvalue weighted by molar-refractivity contribution is 5.95. The first-order valence-electron chi connectivity index (χ1n) is 7.75. The van der Waals surface area contributed by atoms with Gasteiger partial charge in [-0.15, -0.1) is 17.5 Å². The van der Waals surface area contributed by atoms with E-state index in [0.29, 0.717) is 0 Å². The van der Waals surface area contributed by atoms with E-state index in [2.05, 4.69) is 20.9 Å². The van der Waals surface area contributed by atoms with Gasteiger partial charge in [0.1, 0.15) is 0 Å². The average Bonchev–Trinajstić information content (AvgIpc) is 3.00. The molecular weight excluding hydrogens is 314 g/mol. The Balaban J connectivity index is 0.00000156. The molecule has 2 aromatic rings. The number of aromatic nitrogens is 3. The van der Waals surface area contributed by atoms with Crippen molar-refractivity contribution in [1.29, 1.82) is 0 Å². The van der Waals surface area contributed by atoms with Crippen LogP contribution in [0.15, 0.2) is 36.7 Å². The quantitative estimate of drug-likeness (QED) is 0.901. The van der Waals surface area contributed by atoms with E-state index < -0.39 is 0 Å². The molecule has 7 heteroatoms. The number of nitrogens with zero attached hydrogens (tertiary/aromatic N) is 3. The number of piperidine rings is 1. The molecule has 4 rings (SSSR count). The van der Waals surface area contributed by atoms with Gasteiger partial charge in [0, 0.05) is 11.6 Å². The third-order valence-electron chi connectivity index (χ3n) is 4.93. The Morgan fingerprint density at radius 3 is 2.65 bits per heavy atom. The summed E-state index contributed by atoms with van der Waals surface area (Å²) in [6.07, 6.45) is 6.71. The third kappa shape index (κ3) is 3.09. The SMILES string of the molecule is Cl.O=C(Nc1ccc(-n2ccnn2)cc1)C1CC12CCNCC2. The van der Waals surface area contributed by atoms with Crippen LogP contribution >= 0.6 is 12.4 Å². The maximum absolute atomic E-state index is 12.4. The van der Waals surface area contributed by atoms with Crippen LogP contribution in [-0.4, -0.2) is 34.0 Å². The van der Waals surface area contributed by atoms with Crippen LogP contribution in [-0.2, 0) is 4.79 Å². The molecule has 1 unspecified atom stereocenters. The molecule has 1 aromatic carbocycles. The Labute approximate surface area is 141 Å². The van der Waals surface area contributed by atoms with Crippen molar-refractivity contribution in [3.8, 4) is 5.69 Å². The van der Waals surface area contributed by atoms with Gasteiger partial charge >= 0.3 is 0 Å². The van der Waals surface area contributed by atoms with E-state index in [1.165, 1.54) is 0 Å². The van der Waals surface area contributed by atoms with Crippen LogP contribution < -0.4 is 10.6 Å². The molecule has 1 atom stereocenters. The van der Waals surface area contributed by atoms with Crippen molar-refractivity contribution in [2.45, 2.75) is 19.3 Å². The lowest BCUT2D eigenvalue weighted by Gasteiger charge is -2.23. The summed E-state index contributed by atoms with van der Waals surface area (Å²) in [4.78, 5) is 12.4. The fourth-order valence-corrected chi connectivity index (χ4v) is 3.47. The Hall–Kier alpha value is -1.92. The fraction of sp³-hybridized carbons (Fsp3) is 0.438. The lowest BCUT2D eigenvalue weighted by Crippen LogP contribution is -2.31. The van der Waals surface area contributed by atoms with Gasteiger partial charge in [0.15, 0.2) is 0 Å². The molecule has 122 valence electrons. The van der Waals surface area contributed by atoms with Crippen molar-refractivity contribution in [3.05, 3.63) is 36.7 Å². The second kappa shape index (κ2) is 6.29. The number of carbonyl (C=O) groups is 1. The maximum atomic E-state index is 12.4. The molecule has 1 aliphatic heterocycles. The van der Waals surface area contributed by atoms with Gasteiger partial charge in [-0.2, -0.15) is 0 Å². The molecular formula is C16H20ClN5O. The highest BCUT2D eigenvalue weighted by atomic mass is 35.5. The van der Waals surface area contributed by atoms with Crippen molar-refractivity contribution < 1.29 is 4.79 Å². The monoisotopic (exact) mass is 333 g/mol. The van der Waals surface area contributed by atoms with Gasteiger partial charge in [0.05, 0.1) is 18.1 Å². The zero-order valence-corrected chi connectivity index (χ0v) is 13.6. The van der Waals surface area contributed by atoms with Crippen LogP contribution in [0.25, 0.3) is 5.69 Å². The van der Waals surface area contributed by atoms with Crippen molar-refractivity contribution in [2.24, 2.45) is 11.3 Å². The summed E-state index contributed by atoms with van der Waals surface area (Å²) in [6, 6.07) is 7.67. The van der Waals surface area contributed by atoms with Gasteiger partial charge < -0.3 is 10.6 Å². The molecule has 1 saturated carbocycles. The minimum atomic E-state index is 0. The van der Waals surface area contributed by atoms with Crippen LogP contribution in [0, 0.1) is 11.3 Å². The van der Waals surface area contributed by atoms with E-state index >= 15 is 0 Å². The molecule has 1 saturated heterocycles. The average molecular weight is 334 g/mol. The van der Waals surface area contributed by atoms with Gasteiger partial charge in [0.25, 0.3) is 0 Å². The summed E-state index contributed by atoms with van der Waals surface area (Å²) in [7, 11) is 0. The molecule has 1 aliphatic carbocycles. The summed E-state index contributed by atoms with van der Waals surface area (Å²) < 4.78 is 1.69. The van der Waals surface area contributed by atoms with Crippen molar-refractivity contribution in [2.75, 3.05) is 18.4 Å². The third-order valence-corrected chi connectivity index (χ3v) is 4.93. The number of carbonyl (C=O) groups excluding carboxylic acids is 1. The highest BCUT2D eigenvalue weighted by Crippen LogP contribution is 2.58. The lowest BCUT2D eigenvalue weighted by molar-refractivity contribution is -0.118. The van der Waals surface area contributed by atoms with Gasteiger partial charge in [-0.3, -0.25) is 4.79 Å². The zero-order valence-electron chi connectivity index (χ0n) is 12.7. The number of rotatable bonds is 3. The zero-order chi connectivity index (χ0) is 15.0. The largest absolute Gasteiger partial charge is 0.326 e. The number of benzene rings is 1. The molecule has 23 heavy (non-hydrogen) atoms. The van der Waals surface area contributed by atoms with Gasteiger partial charge in [0.2, 0.25) is 5.91 Å². The maximum Gasteiger partial charge on any atom is 0.228 e. The van der Waals surface area contributed by atoms with Crippen molar-refractivity contribution in [3.63, 3.8) is 0 Å². The highest BCUT2D eigenvalue weighted by Gasteiger charge is 2.57. The first-order chi connectivity index (χ1) is 10.8. The van der Waals surface area contributed by atoms with Crippen LogP contribution in [0.4, 0.5) is 5.69 Å². The van der Waals surface area contributed by atoms with Crippen LogP contribution in [0.1, 0.15) is 19.3 Å². The molecule has 1 amide bonds. The Kier molecular flexibility index (Phi) is 4.37. The Bertz CT molecular complexity index is 664. The lowest BCUT2D eigenvalue weighted by atomic mass is 9.92. The van der Waals surface area contributed by atoms with Gasteiger partial charge in [-0.1, -0.05) is 5.21 Å². The van der Waals surface area contributed by atoms with E-state index in [-0.39, 0.29) is 29.6 Å². The predicted octanol–water partition coefficient (Wildman–Crippen LogP) is 2.02. The molecule has 6 nitrogen and oxygen atoms in total. The summed E-state index contributed by atoms with van der Waals surface area (Å²) >= 11 is 0. The fourth-order valence-electron chi connectivity index (χ4n) is 3.47. The minimum absolute atomic E-state index is 0. The second-order valence-electron chi connectivity index (χ2n) is 6.25. The van der Waals surface area contributed by atoms with E-state index in [9.17, 15) is 4.79 Å². The predicted molar refractivity (Wildman–Crippen MR) is 89.9 cm³/mol. The second-order valence-corrected chi connectivity index (χ2v) is 6.25. The molecule has 1 spiro atoms. The number of hydrogen-bond donors (Lipinski definition) is 2. The molecule has 2 aliphatic rings. The normalized spacial score (nSPS) is 21.5. The standard InChI is InChI=1S/C16H19N5O.ClH/c22-15(14-11-16(14)5-7-17-8-6-16)19-12-1-3-13(4-2-12)21-10-9-18-20-21;/h1-4,9-10,14,17H,5-8,11H2,(H,19,22);1H. The van der Waals surface area contributed by atoms with E-state index in [0.717, 1.165) is 43.7 Å². The summed E-state index contributed by atoms with van der Waals surface area (Å²) in [6.45, 7) is 2.08. The number of nitrogens with one attached hydrogen (secondary N) is 2. The Morgan fingerprint density at radius 2 is 2.00 bits per heavy atom. The van der Waals surface area contributed by atoms with Gasteiger partial charge in [-0.05, 0) is 62.0 Å². The van der Waals surface area contributed by atoms with E-state index in [1.54, 1.807) is 17.1 Å². The van der Waals surface area contributed by atoms with Crippen molar-refractivity contribution in [1.82, 2.24) is 20.3 Å². The van der Waals surface area contributed by atoms with Crippen LogP contribution in [0.3, 0.4) is 0 Å². The summed E-state index contributed by atoms with van der Waals surface area (Å²) in [5.74, 6) is 0.347. The van der Waals surface area contributed by atoms with E-state index in [4.69, 9.17) is 0 Å². The molecule has 2 fully saturated rings. The van der Waals surface area contributed by atoms with Gasteiger partial charge in [-0.25, -0.2) is 4.68 Å². The topological polar surface area (TPSA) is 71.8 Å². The molecule has 0 bridgehead atoms. The number of hydrogen-bond acceptors (Lipinski definition) is 4. The summed E-state index contributed by atoms with van der Waals surface area (Å²) in [5.41, 5.74) is 2.04. The van der Waals surface area contributed by atoms with E-state index in [1.807, 2.05) is 24.3 Å². The number of anilines is 1. The first-order valence-corrected chi connectivity index (χ1v) is 7.75. The number of amides is 1. The first kappa shape index (κ1) is 16.0. The van der Waals surface area contributed by atoms with Crippen LogP contribution in [0.2, 0.25) is 0 Å². The molecule has 2 N–H and O–H groups in total. The van der Waals surface area contributed by atoms with Crippen molar-refractivity contribution >= 4 is 24.0 Å². The molecule has 2 heterocycles. The smallest absolute Gasteiger partial charge is 0.228 e. The molecule has 0 radical (unpaired) electrons. The minimum Gasteiger partial charge on any atom is -0.326 e. The number of halogens is 1. The molecule has 1 aromatic heterocycles. The summed E-state index contributed by atoms with van der Waals surface area (Å²) in [5, 5.41) is 14.1. The Morgan fingerprint density at radius 1 is 1.26 bits per heavy atom. The van der Waals surface area contributed by atoms with Crippen LogP contribution in [0.5, 0.6) is 0 Å².